The number of non-ortho nitro benzene ring substituents is 1. The van der Waals surface area contributed by atoms with Crippen molar-refractivity contribution < 1.29 is 9.31 Å². The average Bonchev–Trinajstić information content (AvgIpc) is 2.45. The maximum Gasteiger partial charge on any atom is 0.272 e. The Labute approximate surface area is 122 Å². The Morgan fingerprint density at radius 2 is 1.90 bits per heavy atom. The second-order valence-electron chi connectivity index (χ2n) is 5.09. The molecule has 21 heavy (non-hydrogen) atoms. The summed E-state index contributed by atoms with van der Waals surface area (Å²) in [4.78, 5) is 10.1. The highest BCUT2D eigenvalue weighted by Gasteiger charge is 2.11. The lowest BCUT2D eigenvalue weighted by Gasteiger charge is -2.14. The number of nitro benzene ring substituents is 1. The van der Waals surface area contributed by atoms with Crippen molar-refractivity contribution in [3.05, 3.63) is 75.1 Å². The molecule has 0 spiro atoms. The van der Waals surface area contributed by atoms with E-state index in [1.807, 2.05) is 38.1 Å². The SMILES string of the molecule is Cc1ccc(C(C)NCc2cc(F)cc([N+](=O)[O-])c2)cc1. The molecule has 110 valence electrons. The molecule has 0 aliphatic carbocycles. The number of nitro groups is 1. The van der Waals surface area contributed by atoms with Gasteiger partial charge in [-0.1, -0.05) is 29.8 Å². The second-order valence-corrected chi connectivity index (χ2v) is 5.09. The van der Waals surface area contributed by atoms with Gasteiger partial charge in [0.05, 0.1) is 11.0 Å². The van der Waals surface area contributed by atoms with Crippen molar-refractivity contribution in [1.82, 2.24) is 5.32 Å². The number of halogens is 1. The van der Waals surface area contributed by atoms with E-state index >= 15 is 0 Å². The van der Waals surface area contributed by atoms with Crippen LogP contribution in [0, 0.1) is 22.9 Å². The first-order valence-electron chi connectivity index (χ1n) is 6.69. The lowest BCUT2D eigenvalue weighted by atomic mass is 10.1. The molecule has 0 aliphatic heterocycles. The summed E-state index contributed by atoms with van der Waals surface area (Å²) < 4.78 is 13.3. The van der Waals surface area contributed by atoms with Gasteiger partial charge in [0.15, 0.2) is 0 Å². The Bertz CT molecular complexity index is 641. The van der Waals surface area contributed by atoms with Gasteiger partial charge in [0.1, 0.15) is 5.82 Å². The fourth-order valence-electron chi connectivity index (χ4n) is 2.08. The number of benzene rings is 2. The molecule has 0 saturated carbocycles. The van der Waals surface area contributed by atoms with Crippen LogP contribution in [0.3, 0.4) is 0 Å². The van der Waals surface area contributed by atoms with E-state index in [1.165, 1.54) is 17.7 Å². The fourth-order valence-corrected chi connectivity index (χ4v) is 2.08. The van der Waals surface area contributed by atoms with Gasteiger partial charge >= 0.3 is 0 Å². The normalized spacial score (nSPS) is 12.1. The molecule has 0 bridgehead atoms. The maximum atomic E-state index is 13.3. The Balaban J connectivity index is 2.05. The first kappa shape index (κ1) is 15.1. The number of rotatable bonds is 5. The molecule has 0 aromatic heterocycles. The van der Waals surface area contributed by atoms with E-state index in [0.29, 0.717) is 12.1 Å². The highest BCUT2D eigenvalue weighted by atomic mass is 19.1. The lowest BCUT2D eigenvalue weighted by Crippen LogP contribution is -2.18. The summed E-state index contributed by atoms with van der Waals surface area (Å²) in [5.74, 6) is -0.594. The Morgan fingerprint density at radius 3 is 2.52 bits per heavy atom. The van der Waals surface area contributed by atoms with Gasteiger partial charge in [-0.2, -0.15) is 0 Å². The number of aryl methyl sites for hydroxylation is 1. The smallest absolute Gasteiger partial charge is 0.272 e. The zero-order valence-electron chi connectivity index (χ0n) is 12.0. The van der Waals surface area contributed by atoms with Crippen molar-refractivity contribution >= 4 is 5.69 Å². The van der Waals surface area contributed by atoms with Crippen LogP contribution in [0.5, 0.6) is 0 Å². The van der Waals surface area contributed by atoms with Gasteiger partial charge in [0.2, 0.25) is 0 Å². The number of nitrogens with zero attached hydrogens (tertiary/aromatic N) is 1. The van der Waals surface area contributed by atoms with Crippen molar-refractivity contribution in [2.75, 3.05) is 0 Å². The molecule has 2 aromatic rings. The molecule has 0 saturated heterocycles. The van der Waals surface area contributed by atoms with Crippen LogP contribution in [-0.2, 0) is 6.54 Å². The Morgan fingerprint density at radius 1 is 1.24 bits per heavy atom. The number of nitrogens with one attached hydrogen (secondary N) is 1. The predicted molar refractivity (Wildman–Crippen MR) is 79.5 cm³/mol. The first-order valence-corrected chi connectivity index (χ1v) is 6.69. The van der Waals surface area contributed by atoms with E-state index in [1.54, 1.807) is 0 Å². The molecule has 0 aliphatic rings. The minimum atomic E-state index is -0.594. The molecule has 0 heterocycles. The molecule has 2 aromatic carbocycles. The van der Waals surface area contributed by atoms with E-state index in [-0.39, 0.29) is 11.7 Å². The van der Waals surface area contributed by atoms with E-state index in [4.69, 9.17) is 0 Å². The topological polar surface area (TPSA) is 55.2 Å². The zero-order valence-corrected chi connectivity index (χ0v) is 12.0. The quantitative estimate of drug-likeness (QED) is 0.670. The van der Waals surface area contributed by atoms with E-state index in [0.717, 1.165) is 11.6 Å². The van der Waals surface area contributed by atoms with Crippen LogP contribution in [0.4, 0.5) is 10.1 Å². The van der Waals surface area contributed by atoms with Gasteiger partial charge in [-0.15, -0.1) is 0 Å². The largest absolute Gasteiger partial charge is 0.306 e. The summed E-state index contributed by atoms with van der Waals surface area (Å²) in [6, 6.07) is 11.8. The third-order valence-corrected chi connectivity index (χ3v) is 3.34. The molecule has 4 nitrogen and oxygen atoms in total. The number of hydrogen-bond donors (Lipinski definition) is 1. The molecule has 2 rings (SSSR count). The van der Waals surface area contributed by atoms with Crippen LogP contribution in [0.2, 0.25) is 0 Å². The molecule has 5 heteroatoms. The van der Waals surface area contributed by atoms with Crippen LogP contribution in [0.25, 0.3) is 0 Å². The third kappa shape index (κ3) is 4.10. The van der Waals surface area contributed by atoms with Crippen LogP contribution in [0.15, 0.2) is 42.5 Å². The summed E-state index contributed by atoms with van der Waals surface area (Å²) in [5, 5.41) is 14.0. The minimum Gasteiger partial charge on any atom is -0.306 e. The summed E-state index contributed by atoms with van der Waals surface area (Å²) in [6.07, 6.45) is 0. The van der Waals surface area contributed by atoms with E-state index in [2.05, 4.69) is 5.32 Å². The van der Waals surface area contributed by atoms with Gasteiger partial charge in [-0.05, 0) is 31.0 Å². The molecule has 0 amide bonds. The van der Waals surface area contributed by atoms with Crippen LogP contribution in [-0.4, -0.2) is 4.92 Å². The summed E-state index contributed by atoms with van der Waals surface area (Å²) in [7, 11) is 0. The molecular weight excluding hydrogens is 271 g/mol. The monoisotopic (exact) mass is 288 g/mol. The standard InChI is InChI=1S/C16H17FN2O2/c1-11-3-5-14(6-4-11)12(2)18-10-13-7-15(17)9-16(8-13)19(20)21/h3-9,12,18H,10H2,1-2H3. The Kier molecular flexibility index (Phi) is 4.65. The van der Waals surface area contributed by atoms with Gasteiger partial charge in [0, 0.05) is 18.7 Å². The minimum absolute atomic E-state index is 0.0768. The van der Waals surface area contributed by atoms with Crippen LogP contribution < -0.4 is 5.32 Å². The van der Waals surface area contributed by atoms with Crippen molar-refractivity contribution in [2.24, 2.45) is 0 Å². The summed E-state index contributed by atoms with van der Waals surface area (Å²) in [5.41, 5.74) is 2.63. The van der Waals surface area contributed by atoms with Crippen molar-refractivity contribution in [3.63, 3.8) is 0 Å². The van der Waals surface area contributed by atoms with Crippen molar-refractivity contribution in [3.8, 4) is 0 Å². The molecule has 0 radical (unpaired) electrons. The molecule has 1 unspecified atom stereocenters. The molecule has 1 atom stereocenters. The van der Waals surface area contributed by atoms with Crippen molar-refractivity contribution in [2.45, 2.75) is 26.4 Å². The Hall–Kier alpha value is -2.27. The van der Waals surface area contributed by atoms with Gasteiger partial charge < -0.3 is 5.32 Å². The van der Waals surface area contributed by atoms with Gasteiger partial charge in [0.25, 0.3) is 5.69 Å². The average molecular weight is 288 g/mol. The zero-order chi connectivity index (χ0) is 15.4. The fraction of sp³-hybridized carbons (Fsp3) is 0.250. The van der Waals surface area contributed by atoms with Gasteiger partial charge in [-0.25, -0.2) is 4.39 Å². The maximum absolute atomic E-state index is 13.3. The lowest BCUT2D eigenvalue weighted by molar-refractivity contribution is -0.385. The second kappa shape index (κ2) is 6.45. The van der Waals surface area contributed by atoms with Crippen LogP contribution in [0.1, 0.15) is 29.7 Å². The summed E-state index contributed by atoms with van der Waals surface area (Å²) >= 11 is 0. The number of hydrogen-bond acceptors (Lipinski definition) is 3. The van der Waals surface area contributed by atoms with E-state index in [9.17, 15) is 14.5 Å². The molecular formula is C16H17FN2O2. The predicted octanol–water partition coefficient (Wildman–Crippen LogP) is 3.89. The van der Waals surface area contributed by atoms with E-state index < -0.39 is 10.7 Å². The third-order valence-electron chi connectivity index (χ3n) is 3.34. The highest BCUT2D eigenvalue weighted by molar-refractivity contribution is 5.35. The molecule has 0 fully saturated rings. The van der Waals surface area contributed by atoms with Crippen molar-refractivity contribution in [1.29, 1.82) is 0 Å². The van der Waals surface area contributed by atoms with Gasteiger partial charge in [-0.3, -0.25) is 10.1 Å². The first-order chi connectivity index (χ1) is 9.95. The van der Waals surface area contributed by atoms with Crippen LogP contribution >= 0.6 is 0 Å². The highest BCUT2D eigenvalue weighted by Crippen LogP contribution is 2.18. The summed E-state index contributed by atoms with van der Waals surface area (Å²) in [6.45, 7) is 4.39. The molecule has 1 N–H and O–H groups in total.